The van der Waals surface area contributed by atoms with E-state index in [0.29, 0.717) is 18.0 Å². The first-order valence-corrected chi connectivity index (χ1v) is 6.75. The predicted octanol–water partition coefficient (Wildman–Crippen LogP) is 5.39. The van der Waals surface area contributed by atoms with E-state index < -0.39 is 0 Å². The largest absolute Gasteiger partial charge is 0.487 e. The minimum absolute atomic E-state index is 0.489. The number of para-hydroxylation sites is 1. The van der Waals surface area contributed by atoms with Crippen molar-refractivity contribution in [2.24, 2.45) is 10.2 Å². The fourth-order valence-corrected chi connectivity index (χ4v) is 1.59. The van der Waals surface area contributed by atoms with E-state index in [1.165, 1.54) is 0 Å². The van der Waals surface area contributed by atoms with E-state index in [-0.39, 0.29) is 0 Å². The van der Waals surface area contributed by atoms with E-state index in [4.69, 9.17) is 4.74 Å². The summed E-state index contributed by atoms with van der Waals surface area (Å²) >= 11 is 3.20. The number of rotatable bonds is 5. The van der Waals surface area contributed by atoms with Crippen LogP contribution >= 0.6 is 15.9 Å². The molecule has 0 aliphatic heterocycles. The highest BCUT2D eigenvalue weighted by Crippen LogP contribution is 2.28. The van der Waals surface area contributed by atoms with Gasteiger partial charge in [-0.05, 0) is 35.3 Å². The van der Waals surface area contributed by atoms with Crippen LogP contribution in [0, 0.1) is 0 Å². The van der Waals surface area contributed by atoms with Gasteiger partial charge in [-0.2, -0.15) is 5.11 Å². The number of halogens is 1. The molecule has 0 aliphatic rings. The summed E-state index contributed by atoms with van der Waals surface area (Å²) in [4.78, 5) is 1.76. The first-order chi connectivity index (χ1) is 9.40. The van der Waals surface area contributed by atoms with Gasteiger partial charge in [0.25, 0.3) is 0 Å². The minimum Gasteiger partial charge on any atom is -0.487 e. The van der Waals surface area contributed by atoms with Crippen molar-refractivity contribution in [3.8, 4) is 5.75 Å². The minimum atomic E-state index is 0.489. The third-order valence-corrected chi connectivity index (χ3v) is 2.69. The van der Waals surface area contributed by atoms with Crippen LogP contribution < -0.4 is 4.74 Å². The van der Waals surface area contributed by atoms with E-state index in [0.717, 1.165) is 5.69 Å². The summed E-state index contributed by atoms with van der Waals surface area (Å²) in [5, 5.41) is 8.40. The van der Waals surface area contributed by atoms with Crippen molar-refractivity contribution in [1.29, 1.82) is 0 Å². The first-order valence-electron chi connectivity index (χ1n) is 5.84. The maximum Gasteiger partial charge on any atom is 0.147 e. The lowest BCUT2D eigenvalue weighted by Crippen LogP contribution is -1.92. The summed E-state index contributed by atoms with van der Waals surface area (Å²) in [7, 11) is 0. The summed E-state index contributed by atoms with van der Waals surface area (Å²) < 4.78 is 5.60. The molecule has 0 atom stereocenters. The lowest BCUT2D eigenvalue weighted by atomic mass is 10.3. The maximum atomic E-state index is 5.60. The summed E-state index contributed by atoms with van der Waals surface area (Å²) in [5.74, 6) is 0.716. The van der Waals surface area contributed by atoms with Gasteiger partial charge in [0.15, 0.2) is 0 Å². The summed E-state index contributed by atoms with van der Waals surface area (Å²) in [5.41, 5.74) is 1.53. The molecule has 0 N–H and O–H groups in total. The molecule has 96 valence electrons. The Morgan fingerprint density at radius 2 is 1.68 bits per heavy atom. The van der Waals surface area contributed by atoms with Crippen molar-refractivity contribution in [3.05, 3.63) is 65.7 Å². The molecule has 0 fully saturated rings. The lowest BCUT2D eigenvalue weighted by molar-refractivity contribution is 0.364. The average Bonchev–Trinajstić information content (AvgIpc) is 2.48. The van der Waals surface area contributed by atoms with Gasteiger partial charge in [0.05, 0.1) is 5.69 Å². The number of benzene rings is 2. The SMILES string of the molecule is BrC=CCOc1ccccc1N=Nc1ccccc1. The number of hydrogen-bond acceptors (Lipinski definition) is 3. The van der Waals surface area contributed by atoms with E-state index >= 15 is 0 Å². The van der Waals surface area contributed by atoms with Crippen LogP contribution in [0.4, 0.5) is 11.4 Å². The van der Waals surface area contributed by atoms with Gasteiger partial charge in [0.1, 0.15) is 18.0 Å². The summed E-state index contributed by atoms with van der Waals surface area (Å²) in [6.45, 7) is 0.489. The molecule has 0 bridgehead atoms. The molecule has 0 unspecified atom stereocenters. The van der Waals surface area contributed by atoms with Gasteiger partial charge in [-0.15, -0.1) is 5.11 Å². The Morgan fingerprint density at radius 3 is 2.47 bits per heavy atom. The molecule has 2 aromatic carbocycles. The van der Waals surface area contributed by atoms with Gasteiger partial charge >= 0.3 is 0 Å². The number of azo groups is 1. The van der Waals surface area contributed by atoms with Gasteiger partial charge in [-0.3, -0.25) is 0 Å². The molecule has 0 aliphatic carbocycles. The lowest BCUT2D eigenvalue weighted by Gasteiger charge is -2.05. The zero-order valence-electron chi connectivity index (χ0n) is 10.2. The Bertz CT molecular complexity index is 567. The van der Waals surface area contributed by atoms with E-state index in [1.54, 1.807) is 4.99 Å². The Kier molecular flexibility index (Phi) is 5.31. The average molecular weight is 317 g/mol. The third-order valence-electron chi connectivity index (χ3n) is 2.32. The Balaban J connectivity index is 2.13. The van der Waals surface area contributed by atoms with Crippen LogP contribution in [0.15, 0.2) is 75.9 Å². The predicted molar refractivity (Wildman–Crippen MR) is 80.6 cm³/mol. The molecular weight excluding hydrogens is 304 g/mol. The molecule has 0 amide bonds. The van der Waals surface area contributed by atoms with E-state index in [1.807, 2.05) is 60.7 Å². The fourth-order valence-electron chi connectivity index (χ4n) is 1.44. The summed E-state index contributed by atoms with van der Waals surface area (Å²) in [6.07, 6.45) is 1.87. The molecule has 0 saturated carbocycles. The number of ether oxygens (including phenoxy) is 1. The highest BCUT2D eigenvalue weighted by molar-refractivity contribution is 9.11. The maximum absolute atomic E-state index is 5.60. The topological polar surface area (TPSA) is 34.0 Å². The second-order valence-corrected chi connectivity index (χ2v) is 4.20. The zero-order valence-corrected chi connectivity index (χ0v) is 11.8. The highest BCUT2D eigenvalue weighted by Gasteiger charge is 2.00. The molecule has 3 nitrogen and oxygen atoms in total. The van der Waals surface area contributed by atoms with Crippen LogP contribution in [0.5, 0.6) is 5.75 Å². The molecule has 0 saturated heterocycles. The normalized spacial score (nSPS) is 11.2. The van der Waals surface area contributed by atoms with Gasteiger partial charge in [-0.25, -0.2) is 0 Å². The molecule has 4 heteroatoms. The molecule has 19 heavy (non-hydrogen) atoms. The van der Waals surface area contributed by atoms with Gasteiger partial charge in [0.2, 0.25) is 0 Å². The Hall–Kier alpha value is -1.94. The van der Waals surface area contributed by atoms with Crippen LogP contribution in [0.3, 0.4) is 0 Å². The fraction of sp³-hybridized carbons (Fsp3) is 0.0667. The zero-order chi connectivity index (χ0) is 13.3. The monoisotopic (exact) mass is 316 g/mol. The van der Waals surface area contributed by atoms with Gasteiger partial charge < -0.3 is 4.74 Å². The van der Waals surface area contributed by atoms with Crippen molar-refractivity contribution in [1.82, 2.24) is 0 Å². The van der Waals surface area contributed by atoms with Crippen LogP contribution in [-0.4, -0.2) is 6.61 Å². The van der Waals surface area contributed by atoms with Gasteiger partial charge in [0, 0.05) is 0 Å². The molecule has 0 radical (unpaired) electrons. The van der Waals surface area contributed by atoms with Crippen LogP contribution in [0.25, 0.3) is 0 Å². The Labute approximate surface area is 120 Å². The van der Waals surface area contributed by atoms with E-state index in [9.17, 15) is 0 Å². The van der Waals surface area contributed by atoms with Gasteiger partial charge in [-0.1, -0.05) is 46.3 Å². The highest BCUT2D eigenvalue weighted by atomic mass is 79.9. The van der Waals surface area contributed by atoms with Crippen molar-refractivity contribution >= 4 is 27.3 Å². The second-order valence-electron chi connectivity index (χ2n) is 3.68. The molecule has 2 rings (SSSR count). The third kappa shape index (κ3) is 4.34. The molecule has 2 aromatic rings. The smallest absolute Gasteiger partial charge is 0.147 e. The quantitative estimate of drug-likeness (QED) is 0.681. The van der Waals surface area contributed by atoms with Crippen molar-refractivity contribution in [2.45, 2.75) is 0 Å². The first kappa shape index (κ1) is 13.5. The number of hydrogen-bond donors (Lipinski definition) is 0. The van der Waals surface area contributed by atoms with Crippen LogP contribution in [-0.2, 0) is 0 Å². The van der Waals surface area contributed by atoms with Crippen LogP contribution in [0.2, 0.25) is 0 Å². The molecule has 0 spiro atoms. The van der Waals surface area contributed by atoms with Crippen molar-refractivity contribution < 1.29 is 4.74 Å². The number of nitrogens with zero attached hydrogens (tertiary/aromatic N) is 2. The molecule has 0 aromatic heterocycles. The van der Waals surface area contributed by atoms with Crippen LogP contribution in [0.1, 0.15) is 0 Å². The van der Waals surface area contributed by atoms with E-state index in [2.05, 4.69) is 26.2 Å². The molecule has 0 heterocycles. The summed E-state index contributed by atoms with van der Waals surface area (Å²) in [6, 6.07) is 17.2. The van der Waals surface area contributed by atoms with Crippen molar-refractivity contribution in [2.75, 3.05) is 6.61 Å². The second kappa shape index (κ2) is 7.48. The van der Waals surface area contributed by atoms with Crippen molar-refractivity contribution in [3.63, 3.8) is 0 Å². The standard InChI is InChI=1S/C15H13BrN2O/c16-11-6-12-19-15-10-5-4-9-14(15)18-17-13-7-2-1-3-8-13/h1-11H,12H2. The Morgan fingerprint density at radius 1 is 0.947 bits per heavy atom. The molecular formula is C15H13BrN2O.